The minimum absolute atomic E-state index is 0.0328. The maximum absolute atomic E-state index is 13.6. The standard InChI is InChI=1S/C24H28FN3O2/c1-17-2-4-18(5-3-17)22(29)19-10-12-28(13-11-19)23(30)20-6-8-21(9-7-20)24(14-25)15-26-16-27-24/h2-9,19,26-27H,10-16H2,1H3. The van der Waals surface area contributed by atoms with E-state index in [2.05, 4.69) is 10.6 Å². The highest BCUT2D eigenvalue weighted by Gasteiger charge is 2.35. The molecule has 2 aromatic carbocycles. The van der Waals surface area contributed by atoms with Crippen molar-refractivity contribution in [2.45, 2.75) is 25.3 Å². The van der Waals surface area contributed by atoms with Crippen LogP contribution in [0.25, 0.3) is 0 Å². The number of hydrogen-bond acceptors (Lipinski definition) is 4. The monoisotopic (exact) mass is 409 g/mol. The summed E-state index contributed by atoms with van der Waals surface area (Å²) in [6, 6.07) is 14.9. The lowest BCUT2D eigenvalue weighted by atomic mass is 9.88. The highest BCUT2D eigenvalue weighted by atomic mass is 19.1. The van der Waals surface area contributed by atoms with Gasteiger partial charge in [-0.15, -0.1) is 0 Å². The van der Waals surface area contributed by atoms with Crippen LogP contribution in [0.15, 0.2) is 48.5 Å². The van der Waals surface area contributed by atoms with Crippen LogP contribution in [0.5, 0.6) is 0 Å². The van der Waals surface area contributed by atoms with E-state index in [1.54, 1.807) is 12.1 Å². The second-order valence-electron chi connectivity index (χ2n) is 8.37. The molecule has 4 rings (SSSR count). The zero-order valence-electron chi connectivity index (χ0n) is 17.3. The van der Waals surface area contributed by atoms with Crippen LogP contribution in [0.3, 0.4) is 0 Å². The van der Waals surface area contributed by atoms with Crippen LogP contribution in [-0.2, 0) is 5.54 Å². The van der Waals surface area contributed by atoms with Crippen LogP contribution < -0.4 is 10.6 Å². The number of piperidine rings is 1. The predicted molar refractivity (Wildman–Crippen MR) is 114 cm³/mol. The number of likely N-dealkylation sites (tertiary alicyclic amines) is 1. The first-order valence-corrected chi connectivity index (χ1v) is 10.5. The minimum atomic E-state index is -0.712. The first-order valence-electron chi connectivity index (χ1n) is 10.5. The molecule has 2 saturated heterocycles. The number of carbonyl (C=O) groups excluding carboxylic acids is 2. The summed E-state index contributed by atoms with van der Waals surface area (Å²) >= 11 is 0. The number of amides is 1. The molecular formula is C24H28FN3O2. The van der Waals surface area contributed by atoms with Crippen LogP contribution in [0.2, 0.25) is 0 Å². The molecule has 0 aliphatic carbocycles. The highest BCUT2D eigenvalue weighted by Crippen LogP contribution is 2.26. The number of Topliss-reactive ketones (excluding diaryl/α,β-unsaturated/α-hetero) is 1. The lowest BCUT2D eigenvalue weighted by Crippen LogP contribution is -2.42. The van der Waals surface area contributed by atoms with E-state index >= 15 is 0 Å². The van der Waals surface area contributed by atoms with Crippen molar-refractivity contribution in [2.24, 2.45) is 5.92 Å². The summed E-state index contributed by atoms with van der Waals surface area (Å²) in [6.45, 7) is 3.74. The van der Waals surface area contributed by atoms with E-state index in [1.165, 1.54) is 0 Å². The van der Waals surface area contributed by atoms with Gasteiger partial charge in [-0.3, -0.25) is 14.9 Å². The summed E-state index contributed by atoms with van der Waals surface area (Å²) in [6.07, 6.45) is 1.36. The molecule has 2 heterocycles. The van der Waals surface area contributed by atoms with Gasteiger partial charge in [-0.05, 0) is 37.5 Å². The van der Waals surface area contributed by atoms with Gasteiger partial charge in [-0.1, -0.05) is 42.0 Å². The van der Waals surface area contributed by atoms with E-state index in [-0.39, 0.29) is 17.6 Å². The maximum Gasteiger partial charge on any atom is 0.253 e. The topological polar surface area (TPSA) is 61.4 Å². The second kappa shape index (κ2) is 8.66. The molecule has 30 heavy (non-hydrogen) atoms. The van der Waals surface area contributed by atoms with Crippen LogP contribution >= 0.6 is 0 Å². The molecule has 2 aliphatic rings. The molecule has 1 amide bonds. The van der Waals surface area contributed by atoms with Crippen molar-refractivity contribution in [1.29, 1.82) is 0 Å². The number of hydrogen-bond donors (Lipinski definition) is 2. The van der Waals surface area contributed by atoms with Crippen LogP contribution in [0, 0.1) is 12.8 Å². The van der Waals surface area contributed by atoms with E-state index in [0.717, 1.165) is 16.7 Å². The molecule has 0 bridgehead atoms. The van der Waals surface area contributed by atoms with Crippen molar-refractivity contribution in [3.63, 3.8) is 0 Å². The third-order valence-electron chi connectivity index (χ3n) is 6.38. The van der Waals surface area contributed by atoms with E-state index < -0.39 is 12.2 Å². The SMILES string of the molecule is Cc1ccc(C(=O)C2CCN(C(=O)c3ccc(C4(CF)CNCN4)cc3)CC2)cc1. The summed E-state index contributed by atoms with van der Waals surface area (Å²) in [5.41, 5.74) is 2.61. The molecular weight excluding hydrogens is 381 g/mol. The predicted octanol–water partition coefficient (Wildman–Crippen LogP) is 3.05. The van der Waals surface area contributed by atoms with Gasteiger partial charge >= 0.3 is 0 Å². The number of carbonyl (C=O) groups is 2. The fourth-order valence-electron chi connectivity index (χ4n) is 4.36. The fourth-order valence-corrected chi connectivity index (χ4v) is 4.36. The van der Waals surface area contributed by atoms with Gasteiger partial charge in [0.25, 0.3) is 5.91 Å². The highest BCUT2D eigenvalue weighted by molar-refractivity contribution is 5.98. The lowest BCUT2D eigenvalue weighted by molar-refractivity contribution is 0.0650. The van der Waals surface area contributed by atoms with Crippen molar-refractivity contribution in [1.82, 2.24) is 15.5 Å². The number of halogens is 1. The summed E-state index contributed by atoms with van der Waals surface area (Å²) in [5, 5.41) is 6.29. The molecule has 0 saturated carbocycles. The normalized spacial score (nSPS) is 22.3. The van der Waals surface area contributed by atoms with Crippen molar-refractivity contribution < 1.29 is 14.0 Å². The maximum atomic E-state index is 13.6. The van der Waals surface area contributed by atoms with Crippen molar-refractivity contribution in [2.75, 3.05) is 33.0 Å². The quantitative estimate of drug-likeness (QED) is 0.746. The van der Waals surface area contributed by atoms with Gasteiger partial charge in [0.2, 0.25) is 0 Å². The molecule has 158 valence electrons. The van der Waals surface area contributed by atoms with Gasteiger partial charge in [-0.2, -0.15) is 0 Å². The number of ketones is 1. The largest absolute Gasteiger partial charge is 0.339 e. The molecule has 6 heteroatoms. The third kappa shape index (κ3) is 4.02. The summed E-state index contributed by atoms with van der Waals surface area (Å²) in [7, 11) is 0. The van der Waals surface area contributed by atoms with Crippen molar-refractivity contribution in [3.05, 3.63) is 70.8 Å². The third-order valence-corrected chi connectivity index (χ3v) is 6.38. The molecule has 2 aromatic rings. The smallest absolute Gasteiger partial charge is 0.253 e. The number of aryl methyl sites for hydroxylation is 1. The first-order chi connectivity index (χ1) is 14.5. The lowest BCUT2D eigenvalue weighted by Gasteiger charge is -2.31. The van der Waals surface area contributed by atoms with E-state index in [9.17, 15) is 14.0 Å². The molecule has 1 atom stereocenters. The van der Waals surface area contributed by atoms with E-state index in [1.807, 2.05) is 48.2 Å². The molecule has 2 N–H and O–H groups in total. The Morgan fingerprint density at radius 3 is 2.23 bits per heavy atom. The van der Waals surface area contributed by atoms with Crippen LogP contribution in [0.4, 0.5) is 4.39 Å². The Hall–Kier alpha value is -2.57. The van der Waals surface area contributed by atoms with Crippen molar-refractivity contribution >= 4 is 11.7 Å². The number of nitrogens with zero attached hydrogens (tertiary/aromatic N) is 1. The first kappa shape index (κ1) is 20.7. The summed E-state index contributed by atoms with van der Waals surface area (Å²) in [5.74, 6) is 0.0970. The van der Waals surface area contributed by atoms with E-state index in [0.29, 0.717) is 44.7 Å². The summed E-state index contributed by atoms with van der Waals surface area (Å²) in [4.78, 5) is 27.5. The zero-order chi connectivity index (χ0) is 21.1. The Balaban J connectivity index is 1.37. The average molecular weight is 410 g/mol. The molecule has 2 aliphatic heterocycles. The zero-order valence-corrected chi connectivity index (χ0v) is 17.3. The number of rotatable bonds is 5. The number of alkyl halides is 1. The van der Waals surface area contributed by atoms with Crippen LogP contribution in [-0.4, -0.2) is 49.6 Å². The molecule has 5 nitrogen and oxygen atoms in total. The number of nitrogens with one attached hydrogen (secondary N) is 2. The van der Waals surface area contributed by atoms with Gasteiger partial charge in [0.05, 0.1) is 5.54 Å². The summed E-state index contributed by atoms with van der Waals surface area (Å²) < 4.78 is 13.6. The molecule has 0 radical (unpaired) electrons. The van der Waals surface area contributed by atoms with Gasteiger partial charge < -0.3 is 10.2 Å². The Bertz CT molecular complexity index is 897. The second-order valence-corrected chi connectivity index (χ2v) is 8.37. The Labute approximate surface area is 176 Å². The average Bonchev–Trinajstić information content (AvgIpc) is 3.29. The van der Waals surface area contributed by atoms with Gasteiger partial charge in [0.1, 0.15) is 6.67 Å². The van der Waals surface area contributed by atoms with Gasteiger partial charge in [0.15, 0.2) is 5.78 Å². The van der Waals surface area contributed by atoms with Crippen molar-refractivity contribution in [3.8, 4) is 0 Å². The molecule has 0 aromatic heterocycles. The minimum Gasteiger partial charge on any atom is -0.339 e. The van der Waals surface area contributed by atoms with Crippen LogP contribution in [0.1, 0.15) is 44.7 Å². The Morgan fingerprint density at radius 1 is 1.03 bits per heavy atom. The molecule has 0 spiro atoms. The number of benzene rings is 2. The Morgan fingerprint density at radius 2 is 1.67 bits per heavy atom. The molecule has 1 unspecified atom stereocenters. The van der Waals surface area contributed by atoms with Gasteiger partial charge in [0, 0.05) is 43.3 Å². The van der Waals surface area contributed by atoms with Gasteiger partial charge in [-0.25, -0.2) is 4.39 Å². The molecule has 2 fully saturated rings. The fraction of sp³-hybridized carbons (Fsp3) is 0.417. The Kier molecular flexibility index (Phi) is 5.97. The van der Waals surface area contributed by atoms with E-state index in [4.69, 9.17) is 0 Å².